The van der Waals surface area contributed by atoms with Crippen LogP contribution in [-0.2, 0) is 0 Å². The van der Waals surface area contributed by atoms with Crippen molar-refractivity contribution in [2.24, 2.45) is 0 Å². The summed E-state index contributed by atoms with van der Waals surface area (Å²) in [6, 6.07) is 3.56. The molecule has 0 saturated carbocycles. The molecule has 0 aliphatic carbocycles. The number of hydrogen-bond acceptors (Lipinski definition) is 2. The van der Waals surface area contributed by atoms with Crippen molar-refractivity contribution in [3.05, 3.63) is 35.4 Å². The Bertz CT molecular complexity index is 310. The van der Waals surface area contributed by atoms with E-state index in [1.807, 2.05) is 0 Å². The molecule has 1 aromatic rings. The lowest BCUT2D eigenvalue weighted by Crippen LogP contribution is -2.13. The highest BCUT2D eigenvalue weighted by molar-refractivity contribution is 7.99. The molecule has 2 rings (SSSR count). The maximum absolute atomic E-state index is 13.2. The molecule has 0 spiro atoms. The molecule has 0 radical (unpaired) electrons. The first kappa shape index (κ1) is 8.97. The van der Waals surface area contributed by atoms with E-state index in [4.69, 9.17) is 0 Å². The molecule has 0 bridgehead atoms. The number of rotatable bonds is 1. The summed E-state index contributed by atoms with van der Waals surface area (Å²) >= 11 is 1.60. The Morgan fingerprint density at radius 2 is 2.23 bits per heavy atom. The molecule has 1 aliphatic rings. The second-order valence-corrected chi connectivity index (χ2v) is 4.08. The summed E-state index contributed by atoms with van der Waals surface area (Å²) in [5.74, 6) is 0.222. The maximum Gasteiger partial charge on any atom is 0.129 e. The van der Waals surface area contributed by atoms with Crippen LogP contribution >= 0.6 is 11.8 Å². The summed E-state index contributed by atoms with van der Waals surface area (Å²) in [7, 11) is 0. The predicted molar refractivity (Wildman–Crippen MR) is 49.6 cm³/mol. The first-order chi connectivity index (χ1) is 6.27. The van der Waals surface area contributed by atoms with E-state index in [-0.39, 0.29) is 17.0 Å². The number of hydrogen-bond donors (Lipinski definition) is 1. The van der Waals surface area contributed by atoms with Gasteiger partial charge < -0.3 is 5.32 Å². The van der Waals surface area contributed by atoms with Crippen LogP contribution in [-0.4, -0.2) is 12.3 Å². The molecule has 1 atom stereocenters. The van der Waals surface area contributed by atoms with E-state index < -0.39 is 0 Å². The van der Waals surface area contributed by atoms with E-state index in [1.54, 1.807) is 11.8 Å². The Morgan fingerprint density at radius 3 is 2.92 bits per heavy atom. The smallest absolute Gasteiger partial charge is 0.129 e. The lowest BCUT2D eigenvalue weighted by Gasteiger charge is -2.10. The van der Waals surface area contributed by atoms with Crippen LogP contribution in [0.2, 0.25) is 0 Å². The van der Waals surface area contributed by atoms with Gasteiger partial charge in [0.1, 0.15) is 11.6 Å². The van der Waals surface area contributed by atoms with Gasteiger partial charge in [-0.1, -0.05) is 0 Å². The van der Waals surface area contributed by atoms with Crippen molar-refractivity contribution >= 4 is 11.8 Å². The number of nitrogens with one attached hydrogen (secondary N) is 1. The van der Waals surface area contributed by atoms with Crippen molar-refractivity contribution in [3.8, 4) is 0 Å². The minimum atomic E-state index is -0.384. The highest BCUT2D eigenvalue weighted by atomic mass is 32.2. The van der Waals surface area contributed by atoms with Crippen molar-refractivity contribution in [1.82, 2.24) is 5.32 Å². The topological polar surface area (TPSA) is 12.0 Å². The third-order valence-corrected chi connectivity index (χ3v) is 3.15. The van der Waals surface area contributed by atoms with Gasteiger partial charge in [-0.05, 0) is 18.2 Å². The first-order valence-electron chi connectivity index (χ1n) is 4.07. The van der Waals surface area contributed by atoms with Crippen molar-refractivity contribution in [2.75, 3.05) is 12.3 Å². The van der Waals surface area contributed by atoms with Crippen LogP contribution in [0.15, 0.2) is 18.2 Å². The first-order valence-corrected chi connectivity index (χ1v) is 5.12. The van der Waals surface area contributed by atoms with Gasteiger partial charge in [0.25, 0.3) is 0 Å². The van der Waals surface area contributed by atoms with Gasteiger partial charge >= 0.3 is 0 Å². The molecule has 1 fully saturated rings. The summed E-state index contributed by atoms with van der Waals surface area (Å²) in [6.45, 7) is 0.852. The standard InChI is InChI=1S/C9H9F2NS/c10-6-1-2-8(11)7(5-6)9-12-3-4-13-9/h1-2,5,9,12H,3-4H2. The molecule has 1 saturated heterocycles. The van der Waals surface area contributed by atoms with Gasteiger partial charge in [-0.15, -0.1) is 11.8 Å². The van der Waals surface area contributed by atoms with Gasteiger partial charge in [0.2, 0.25) is 0 Å². The fourth-order valence-electron chi connectivity index (χ4n) is 1.34. The van der Waals surface area contributed by atoms with E-state index >= 15 is 0 Å². The lowest BCUT2D eigenvalue weighted by molar-refractivity contribution is 0.574. The molecule has 70 valence electrons. The van der Waals surface area contributed by atoms with E-state index in [0.29, 0.717) is 5.56 Å². The normalized spacial score (nSPS) is 22.2. The average molecular weight is 201 g/mol. The Hall–Kier alpha value is -0.610. The second kappa shape index (κ2) is 3.64. The predicted octanol–water partition coefficient (Wildman–Crippen LogP) is 2.30. The summed E-state index contributed by atoms with van der Waals surface area (Å²) in [6.07, 6.45) is 0. The van der Waals surface area contributed by atoms with Crippen molar-refractivity contribution < 1.29 is 8.78 Å². The summed E-state index contributed by atoms with van der Waals surface area (Å²) in [4.78, 5) is 0. The Morgan fingerprint density at radius 1 is 1.38 bits per heavy atom. The van der Waals surface area contributed by atoms with Gasteiger partial charge in [0.15, 0.2) is 0 Å². The molecule has 1 nitrogen and oxygen atoms in total. The van der Waals surface area contributed by atoms with Crippen LogP contribution in [0.5, 0.6) is 0 Å². The quantitative estimate of drug-likeness (QED) is 0.748. The van der Waals surface area contributed by atoms with Crippen LogP contribution in [0.3, 0.4) is 0 Å². The number of thioether (sulfide) groups is 1. The summed E-state index contributed by atoms with van der Waals surface area (Å²) in [5.41, 5.74) is 0.419. The molecule has 0 aromatic heterocycles. The summed E-state index contributed by atoms with van der Waals surface area (Å²) in [5, 5.41) is 3.01. The van der Waals surface area contributed by atoms with Gasteiger partial charge in [0, 0.05) is 17.9 Å². The van der Waals surface area contributed by atoms with E-state index in [1.165, 1.54) is 12.1 Å². The van der Waals surface area contributed by atoms with Gasteiger partial charge in [-0.2, -0.15) is 0 Å². The van der Waals surface area contributed by atoms with Crippen molar-refractivity contribution in [1.29, 1.82) is 0 Å². The Kier molecular flexibility index (Phi) is 2.51. The van der Waals surface area contributed by atoms with E-state index in [9.17, 15) is 8.78 Å². The Balaban J connectivity index is 2.32. The zero-order valence-corrected chi connectivity index (χ0v) is 7.70. The highest BCUT2D eigenvalue weighted by Crippen LogP contribution is 2.31. The average Bonchev–Trinajstić information content (AvgIpc) is 2.61. The third kappa shape index (κ3) is 1.84. The minimum Gasteiger partial charge on any atom is -0.301 e. The van der Waals surface area contributed by atoms with E-state index in [2.05, 4.69) is 5.32 Å². The zero-order chi connectivity index (χ0) is 9.26. The minimum absolute atomic E-state index is 0.0873. The van der Waals surface area contributed by atoms with Gasteiger partial charge in [-0.3, -0.25) is 0 Å². The summed E-state index contributed by atoms with van der Waals surface area (Å²) < 4.78 is 26.0. The van der Waals surface area contributed by atoms with Crippen molar-refractivity contribution in [3.63, 3.8) is 0 Å². The number of benzene rings is 1. The van der Waals surface area contributed by atoms with Gasteiger partial charge in [-0.25, -0.2) is 8.78 Å². The molecule has 1 N–H and O–H groups in total. The maximum atomic E-state index is 13.2. The van der Waals surface area contributed by atoms with Crippen LogP contribution in [0.1, 0.15) is 10.9 Å². The number of halogens is 2. The molecule has 1 aromatic carbocycles. The fraction of sp³-hybridized carbons (Fsp3) is 0.333. The van der Waals surface area contributed by atoms with Crippen LogP contribution in [0, 0.1) is 11.6 Å². The zero-order valence-electron chi connectivity index (χ0n) is 6.89. The fourth-order valence-corrected chi connectivity index (χ4v) is 2.41. The second-order valence-electron chi connectivity index (χ2n) is 2.87. The third-order valence-electron chi connectivity index (χ3n) is 1.96. The van der Waals surface area contributed by atoms with Crippen LogP contribution < -0.4 is 5.32 Å². The Labute approximate surface area is 79.5 Å². The lowest BCUT2D eigenvalue weighted by atomic mass is 10.2. The van der Waals surface area contributed by atoms with Crippen LogP contribution in [0.25, 0.3) is 0 Å². The van der Waals surface area contributed by atoms with Gasteiger partial charge in [0.05, 0.1) is 5.37 Å². The highest BCUT2D eigenvalue weighted by Gasteiger charge is 2.20. The largest absolute Gasteiger partial charge is 0.301 e. The monoisotopic (exact) mass is 201 g/mol. The molecule has 1 heterocycles. The van der Waals surface area contributed by atoms with E-state index in [0.717, 1.165) is 18.4 Å². The van der Waals surface area contributed by atoms with Crippen LogP contribution in [0.4, 0.5) is 8.78 Å². The molecule has 13 heavy (non-hydrogen) atoms. The molecule has 0 amide bonds. The molecular formula is C9H9F2NS. The molecule has 4 heteroatoms. The van der Waals surface area contributed by atoms with Crippen molar-refractivity contribution in [2.45, 2.75) is 5.37 Å². The SMILES string of the molecule is Fc1ccc(F)c(C2NCCS2)c1. The molecule has 1 unspecified atom stereocenters. The molecular weight excluding hydrogens is 192 g/mol. The molecule has 1 aliphatic heterocycles.